The molecule has 0 aromatic heterocycles. The zero-order chi connectivity index (χ0) is 12.2. The molecule has 1 aliphatic rings. The Morgan fingerprint density at radius 1 is 1.06 bits per heavy atom. The van der Waals surface area contributed by atoms with Crippen molar-refractivity contribution >= 4 is 46.0 Å². The third kappa shape index (κ3) is 1.55. The molecule has 0 fully saturated rings. The number of hydrogen-bond acceptors (Lipinski definition) is 0. The lowest BCUT2D eigenvalue weighted by molar-refractivity contribution is 1.66. The van der Waals surface area contributed by atoms with Crippen molar-refractivity contribution in [3.63, 3.8) is 0 Å². The van der Waals surface area contributed by atoms with Crippen LogP contribution in [0.1, 0.15) is 0 Å². The van der Waals surface area contributed by atoms with Gasteiger partial charge in [-0.15, -0.1) is 0 Å². The van der Waals surface area contributed by atoms with Crippen molar-refractivity contribution in [2.45, 2.75) is 13.1 Å². The SMILES string of the molecule is C[Si]1(C)c2ccc(Br)cc2-c2c(Cl)cccc21. The van der Waals surface area contributed by atoms with Gasteiger partial charge >= 0.3 is 0 Å². The van der Waals surface area contributed by atoms with Gasteiger partial charge in [-0.25, -0.2) is 0 Å². The maximum atomic E-state index is 6.38. The first-order valence-corrected chi connectivity index (χ1v) is 9.78. The summed E-state index contributed by atoms with van der Waals surface area (Å²) in [5.74, 6) is 0. The Morgan fingerprint density at radius 2 is 1.82 bits per heavy atom. The molecule has 0 saturated carbocycles. The summed E-state index contributed by atoms with van der Waals surface area (Å²) >= 11 is 9.94. The van der Waals surface area contributed by atoms with Crippen LogP contribution in [0.2, 0.25) is 18.1 Å². The second kappa shape index (κ2) is 3.71. The van der Waals surface area contributed by atoms with Crippen LogP contribution < -0.4 is 10.4 Å². The number of rotatable bonds is 0. The van der Waals surface area contributed by atoms with Crippen LogP contribution in [0.15, 0.2) is 40.9 Å². The van der Waals surface area contributed by atoms with Gasteiger partial charge in [0.25, 0.3) is 0 Å². The van der Waals surface area contributed by atoms with Gasteiger partial charge in [0.15, 0.2) is 0 Å². The molecule has 86 valence electrons. The Bertz CT molecular complexity index is 620. The largest absolute Gasteiger partial charge is 0.113 e. The summed E-state index contributed by atoms with van der Waals surface area (Å²) in [7, 11) is -1.54. The van der Waals surface area contributed by atoms with Gasteiger partial charge in [0.1, 0.15) is 8.07 Å². The molecule has 17 heavy (non-hydrogen) atoms. The fourth-order valence-corrected chi connectivity index (χ4v) is 6.52. The van der Waals surface area contributed by atoms with Crippen LogP contribution >= 0.6 is 27.5 Å². The van der Waals surface area contributed by atoms with E-state index in [1.165, 1.54) is 21.5 Å². The van der Waals surface area contributed by atoms with Gasteiger partial charge < -0.3 is 0 Å². The summed E-state index contributed by atoms with van der Waals surface area (Å²) < 4.78 is 1.12. The van der Waals surface area contributed by atoms with Crippen LogP contribution in [0, 0.1) is 0 Å². The van der Waals surface area contributed by atoms with Crippen molar-refractivity contribution in [1.82, 2.24) is 0 Å². The minimum Gasteiger partial charge on any atom is -0.0837 e. The lowest BCUT2D eigenvalue weighted by Gasteiger charge is -2.18. The first-order chi connectivity index (χ1) is 8.01. The number of benzene rings is 2. The Morgan fingerprint density at radius 3 is 2.59 bits per heavy atom. The zero-order valence-electron chi connectivity index (χ0n) is 9.72. The molecule has 0 atom stereocenters. The Hall–Kier alpha value is -0.573. The lowest BCUT2D eigenvalue weighted by atomic mass is 10.1. The summed E-state index contributed by atoms with van der Waals surface area (Å²) in [5.41, 5.74) is 2.57. The number of fused-ring (bicyclic) bond motifs is 3. The van der Waals surface area contributed by atoms with Crippen molar-refractivity contribution in [3.8, 4) is 11.1 Å². The van der Waals surface area contributed by atoms with Crippen molar-refractivity contribution in [3.05, 3.63) is 45.9 Å². The van der Waals surface area contributed by atoms with E-state index in [0.717, 1.165) is 9.50 Å². The van der Waals surface area contributed by atoms with E-state index in [0.29, 0.717) is 0 Å². The van der Waals surface area contributed by atoms with E-state index in [2.05, 4.69) is 59.4 Å². The van der Waals surface area contributed by atoms with Crippen LogP contribution in [0.5, 0.6) is 0 Å². The Kier molecular flexibility index (Phi) is 2.51. The molecule has 0 unspecified atom stereocenters. The molecule has 2 aromatic rings. The monoisotopic (exact) mass is 322 g/mol. The van der Waals surface area contributed by atoms with Crippen molar-refractivity contribution in [1.29, 1.82) is 0 Å². The van der Waals surface area contributed by atoms with E-state index in [4.69, 9.17) is 11.6 Å². The average molecular weight is 324 g/mol. The van der Waals surface area contributed by atoms with Crippen LogP contribution in [-0.2, 0) is 0 Å². The molecular formula is C14H12BrClSi. The molecule has 0 bridgehead atoms. The molecule has 2 aromatic carbocycles. The van der Waals surface area contributed by atoms with Crippen LogP contribution in [0.4, 0.5) is 0 Å². The van der Waals surface area contributed by atoms with Crippen molar-refractivity contribution in [2.75, 3.05) is 0 Å². The van der Waals surface area contributed by atoms with Crippen LogP contribution in [-0.4, -0.2) is 8.07 Å². The Labute approximate surface area is 116 Å². The second-order valence-electron chi connectivity index (χ2n) is 4.98. The minimum absolute atomic E-state index is 0.875. The lowest BCUT2D eigenvalue weighted by Crippen LogP contribution is -2.49. The second-order valence-corrected chi connectivity index (χ2v) is 10.6. The fourth-order valence-electron chi connectivity index (χ4n) is 2.73. The molecule has 0 aliphatic carbocycles. The number of hydrogen-bond donors (Lipinski definition) is 0. The Balaban J connectivity index is 2.44. The molecule has 0 saturated heterocycles. The molecule has 0 amide bonds. The van der Waals surface area contributed by atoms with Gasteiger partial charge in [-0.2, -0.15) is 0 Å². The first kappa shape index (κ1) is 11.5. The summed E-state index contributed by atoms with van der Waals surface area (Å²) in [4.78, 5) is 0. The van der Waals surface area contributed by atoms with Crippen molar-refractivity contribution < 1.29 is 0 Å². The fraction of sp³-hybridized carbons (Fsp3) is 0.143. The molecule has 0 spiro atoms. The highest BCUT2D eigenvalue weighted by atomic mass is 79.9. The third-order valence-corrected chi connectivity index (χ3v) is 7.97. The molecule has 3 heteroatoms. The molecular weight excluding hydrogens is 312 g/mol. The smallest absolute Gasteiger partial charge is 0.0837 e. The minimum atomic E-state index is -1.54. The van der Waals surface area contributed by atoms with Crippen LogP contribution in [0.3, 0.4) is 0 Å². The quantitative estimate of drug-likeness (QED) is 0.645. The summed E-state index contributed by atoms with van der Waals surface area (Å²) in [6.45, 7) is 4.78. The highest BCUT2D eigenvalue weighted by molar-refractivity contribution is 9.10. The summed E-state index contributed by atoms with van der Waals surface area (Å²) in [5, 5.41) is 3.82. The van der Waals surface area contributed by atoms with Crippen molar-refractivity contribution in [2.24, 2.45) is 0 Å². The molecule has 0 radical (unpaired) electrons. The van der Waals surface area contributed by atoms with Gasteiger partial charge in [-0.05, 0) is 39.7 Å². The molecule has 1 aliphatic heterocycles. The maximum absolute atomic E-state index is 6.38. The highest BCUT2D eigenvalue weighted by Crippen LogP contribution is 2.34. The van der Waals surface area contributed by atoms with E-state index in [1.807, 2.05) is 6.07 Å². The van der Waals surface area contributed by atoms with E-state index < -0.39 is 8.07 Å². The van der Waals surface area contributed by atoms with Gasteiger partial charge in [0.2, 0.25) is 0 Å². The number of halogens is 2. The standard InChI is InChI=1S/C14H12BrClSi/c1-17(2)12-7-6-9(15)8-10(12)14-11(16)4-3-5-13(14)17/h3-8H,1-2H3. The van der Waals surface area contributed by atoms with Crippen LogP contribution in [0.25, 0.3) is 11.1 Å². The van der Waals surface area contributed by atoms with Gasteiger partial charge in [0, 0.05) is 9.50 Å². The topological polar surface area (TPSA) is 0 Å². The summed E-state index contributed by atoms with van der Waals surface area (Å²) in [6.07, 6.45) is 0. The molecule has 0 nitrogen and oxygen atoms in total. The third-order valence-electron chi connectivity index (χ3n) is 3.61. The average Bonchev–Trinajstić information content (AvgIpc) is 2.49. The van der Waals surface area contributed by atoms with Gasteiger partial charge in [0.05, 0.1) is 0 Å². The molecule has 0 N–H and O–H groups in total. The van der Waals surface area contributed by atoms with E-state index in [-0.39, 0.29) is 0 Å². The normalized spacial score (nSPS) is 15.5. The first-order valence-electron chi connectivity index (χ1n) is 5.61. The predicted molar refractivity (Wildman–Crippen MR) is 81.3 cm³/mol. The molecule has 1 heterocycles. The van der Waals surface area contributed by atoms with Gasteiger partial charge in [-0.1, -0.05) is 58.8 Å². The highest BCUT2D eigenvalue weighted by Gasteiger charge is 2.38. The summed E-state index contributed by atoms with van der Waals surface area (Å²) in [6, 6.07) is 12.9. The van der Waals surface area contributed by atoms with E-state index >= 15 is 0 Å². The molecule has 3 rings (SSSR count). The zero-order valence-corrected chi connectivity index (χ0v) is 13.1. The van der Waals surface area contributed by atoms with E-state index in [9.17, 15) is 0 Å². The van der Waals surface area contributed by atoms with E-state index in [1.54, 1.807) is 0 Å². The maximum Gasteiger partial charge on any atom is 0.113 e. The predicted octanol–water partition coefficient (Wildman–Crippen LogP) is 3.91. The van der Waals surface area contributed by atoms with Gasteiger partial charge in [-0.3, -0.25) is 0 Å².